The van der Waals surface area contributed by atoms with E-state index in [0.717, 1.165) is 28.5 Å². The van der Waals surface area contributed by atoms with E-state index in [1.54, 1.807) is 7.11 Å². The van der Waals surface area contributed by atoms with Gasteiger partial charge in [-0.1, -0.05) is 60.2 Å². The number of nitrogens with zero attached hydrogens (tertiary/aromatic N) is 3. The van der Waals surface area contributed by atoms with Crippen molar-refractivity contribution in [2.75, 3.05) is 24.0 Å². The van der Waals surface area contributed by atoms with Gasteiger partial charge >= 0.3 is 0 Å². The van der Waals surface area contributed by atoms with Crippen LogP contribution in [-0.2, 0) is 15.1 Å². The molecule has 2 aliphatic heterocycles. The van der Waals surface area contributed by atoms with Gasteiger partial charge < -0.3 is 9.64 Å². The van der Waals surface area contributed by atoms with Gasteiger partial charge in [0.15, 0.2) is 6.10 Å². The zero-order valence-electron chi connectivity index (χ0n) is 17.9. The third-order valence-electron chi connectivity index (χ3n) is 6.40. The van der Waals surface area contributed by atoms with Crippen LogP contribution in [0.25, 0.3) is 0 Å². The highest BCUT2D eigenvalue weighted by Gasteiger charge is 2.64. The zero-order valence-corrected chi connectivity index (χ0v) is 17.9. The Bertz CT molecular complexity index is 1160. The van der Waals surface area contributed by atoms with Crippen LogP contribution in [0.4, 0.5) is 17.1 Å². The van der Waals surface area contributed by atoms with Crippen LogP contribution in [0.3, 0.4) is 0 Å². The SMILES string of the molecule is COC1C(=O)N2c3ccccc3N=C(N(C)c3ccccc3)CC12c1ccc(C)cc1. The Morgan fingerprint density at radius 3 is 2.39 bits per heavy atom. The Labute approximate surface area is 182 Å². The van der Waals surface area contributed by atoms with Gasteiger partial charge in [0.05, 0.1) is 11.4 Å². The summed E-state index contributed by atoms with van der Waals surface area (Å²) >= 11 is 0. The molecule has 3 aromatic rings. The number of hydrogen-bond acceptors (Lipinski definition) is 4. The van der Waals surface area contributed by atoms with Gasteiger partial charge in [-0.25, -0.2) is 4.99 Å². The summed E-state index contributed by atoms with van der Waals surface area (Å²) in [5.41, 5.74) is 4.22. The number of amides is 1. The second kappa shape index (κ2) is 7.36. The Hall–Kier alpha value is -3.44. The van der Waals surface area contributed by atoms with E-state index in [1.807, 2.05) is 54.4 Å². The summed E-state index contributed by atoms with van der Waals surface area (Å²) < 4.78 is 5.80. The Morgan fingerprint density at radius 2 is 1.68 bits per heavy atom. The van der Waals surface area contributed by atoms with E-state index >= 15 is 0 Å². The van der Waals surface area contributed by atoms with Crippen molar-refractivity contribution in [1.29, 1.82) is 0 Å². The summed E-state index contributed by atoms with van der Waals surface area (Å²) in [6.45, 7) is 2.07. The largest absolute Gasteiger partial charge is 0.369 e. The number of hydrogen-bond donors (Lipinski definition) is 0. The number of anilines is 2. The van der Waals surface area contributed by atoms with Crippen LogP contribution in [0, 0.1) is 6.92 Å². The molecule has 1 fully saturated rings. The minimum Gasteiger partial charge on any atom is -0.369 e. The van der Waals surface area contributed by atoms with Crippen molar-refractivity contribution in [3.63, 3.8) is 0 Å². The third kappa shape index (κ3) is 2.88. The molecule has 5 rings (SSSR count). The summed E-state index contributed by atoms with van der Waals surface area (Å²) in [6.07, 6.45) is -0.0313. The fourth-order valence-corrected chi connectivity index (χ4v) is 4.76. The molecule has 5 heteroatoms. The number of amidine groups is 1. The van der Waals surface area contributed by atoms with Gasteiger partial charge in [0.2, 0.25) is 0 Å². The average Bonchev–Trinajstić information content (AvgIpc) is 2.93. The maximum atomic E-state index is 13.3. The van der Waals surface area contributed by atoms with Crippen molar-refractivity contribution in [3.05, 3.63) is 90.0 Å². The van der Waals surface area contributed by atoms with Crippen LogP contribution >= 0.6 is 0 Å². The molecule has 1 amide bonds. The molecule has 0 N–H and O–H groups in total. The zero-order chi connectivity index (χ0) is 21.6. The molecule has 2 atom stereocenters. The third-order valence-corrected chi connectivity index (χ3v) is 6.40. The normalized spacial score (nSPS) is 22.0. The van der Waals surface area contributed by atoms with Gasteiger partial charge in [0.1, 0.15) is 11.4 Å². The molecule has 0 spiro atoms. The summed E-state index contributed by atoms with van der Waals surface area (Å²) in [6, 6.07) is 26.4. The first-order valence-corrected chi connectivity index (χ1v) is 10.5. The van der Waals surface area contributed by atoms with Gasteiger partial charge in [-0.3, -0.25) is 9.69 Å². The van der Waals surface area contributed by atoms with Gasteiger partial charge in [-0.05, 0) is 36.8 Å². The number of rotatable bonds is 3. The summed E-state index contributed by atoms with van der Waals surface area (Å²) in [4.78, 5) is 22.3. The molecule has 2 unspecified atom stereocenters. The molecule has 5 nitrogen and oxygen atoms in total. The van der Waals surface area contributed by atoms with Crippen LogP contribution in [-0.4, -0.2) is 32.0 Å². The van der Waals surface area contributed by atoms with E-state index in [4.69, 9.17) is 9.73 Å². The fraction of sp³-hybridized carbons (Fsp3) is 0.231. The lowest BCUT2D eigenvalue weighted by molar-refractivity contribution is -0.147. The molecule has 156 valence electrons. The number of β-lactam (4-membered cyclic amide) rings is 1. The predicted molar refractivity (Wildman–Crippen MR) is 124 cm³/mol. The standard InChI is InChI=1S/C26H25N3O2/c1-18-13-15-19(16-14-18)26-17-23(28(2)20-9-5-4-6-10-20)27-21-11-7-8-12-22(21)29(26)25(30)24(26)31-3/h4-16,24H,17H2,1-3H3. The minimum atomic E-state index is -0.659. The number of carbonyl (C=O) groups is 1. The summed E-state index contributed by atoms with van der Waals surface area (Å²) in [7, 11) is 3.64. The second-order valence-corrected chi connectivity index (χ2v) is 8.17. The molecule has 3 aromatic carbocycles. The predicted octanol–water partition coefficient (Wildman–Crippen LogP) is 4.82. The minimum absolute atomic E-state index is 0.0330. The molecular formula is C26H25N3O2. The average molecular weight is 412 g/mol. The lowest BCUT2D eigenvalue weighted by Crippen LogP contribution is -2.74. The van der Waals surface area contributed by atoms with Crippen molar-refractivity contribution in [2.45, 2.75) is 25.0 Å². The first-order chi connectivity index (χ1) is 15.1. The number of carbonyl (C=O) groups excluding carboxylic acids is 1. The molecule has 1 saturated heterocycles. The Morgan fingerprint density at radius 1 is 1.00 bits per heavy atom. The fourth-order valence-electron chi connectivity index (χ4n) is 4.76. The molecule has 0 saturated carbocycles. The lowest BCUT2D eigenvalue weighted by Gasteiger charge is -2.56. The second-order valence-electron chi connectivity index (χ2n) is 8.17. The monoisotopic (exact) mass is 411 g/mol. The van der Waals surface area contributed by atoms with E-state index in [2.05, 4.69) is 48.2 Å². The summed E-state index contributed by atoms with van der Waals surface area (Å²) in [5.74, 6) is 0.852. The molecule has 0 radical (unpaired) electrons. The molecule has 2 heterocycles. The molecular weight excluding hydrogens is 386 g/mol. The first kappa shape index (κ1) is 19.5. The van der Waals surface area contributed by atoms with E-state index < -0.39 is 11.6 Å². The lowest BCUT2D eigenvalue weighted by atomic mass is 9.71. The number of para-hydroxylation sites is 3. The Kier molecular flexibility index (Phi) is 4.63. The topological polar surface area (TPSA) is 45.1 Å². The van der Waals surface area contributed by atoms with Gasteiger partial charge in [0, 0.05) is 26.3 Å². The number of fused-ring (bicyclic) bond motifs is 3. The van der Waals surface area contributed by atoms with Gasteiger partial charge in [-0.15, -0.1) is 0 Å². The van der Waals surface area contributed by atoms with Crippen molar-refractivity contribution in [2.24, 2.45) is 4.99 Å². The number of aliphatic imine (C=N–C) groups is 1. The van der Waals surface area contributed by atoms with E-state index in [1.165, 1.54) is 5.56 Å². The van der Waals surface area contributed by atoms with Crippen LogP contribution in [0.15, 0.2) is 83.9 Å². The van der Waals surface area contributed by atoms with Crippen LogP contribution in [0.5, 0.6) is 0 Å². The highest BCUT2D eigenvalue weighted by molar-refractivity contribution is 6.13. The van der Waals surface area contributed by atoms with Crippen molar-refractivity contribution in [1.82, 2.24) is 0 Å². The first-order valence-electron chi connectivity index (χ1n) is 10.5. The number of methoxy groups -OCH3 is 1. The molecule has 31 heavy (non-hydrogen) atoms. The number of ether oxygens (including phenoxy) is 1. The maximum absolute atomic E-state index is 13.3. The quantitative estimate of drug-likeness (QED) is 0.581. The Balaban J connectivity index is 1.72. The van der Waals surface area contributed by atoms with Gasteiger partial charge in [-0.2, -0.15) is 0 Å². The highest BCUT2D eigenvalue weighted by atomic mass is 16.5. The van der Waals surface area contributed by atoms with Crippen LogP contribution in [0.1, 0.15) is 17.5 Å². The van der Waals surface area contributed by atoms with Crippen LogP contribution < -0.4 is 9.80 Å². The number of benzene rings is 3. The summed E-state index contributed by atoms with van der Waals surface area (Å²) in [5, 5.41) is 0. The van der Waals surface area contributed by atoms with E-state index in [-0.39, 0.29) is 5.91 Å². The number of aryl methyl sites for hydroxylation is 1. The van der Waals surface area contributed by atoms with E-state index in [9.17, 15) is 4.79 Å². The molecule has 0 aromatic heterocycles. The van der Waals surface area contributed by atoms with Crippen LogP contribution in [0.2, 0.25) is 0 Å². The molecule has 0 bridgehead atoms. The maximum Gasteiger partial charge on any atom is 0.259 e. The van der Waals surface area contributed by atoms with Crippen molar-refractivity contribution < 1.29 is 9.53 Å². The van der Waals surface area contributed by atoms with Crippen molar-refractivity contribution >= 4 is 28.8 Å². The van der Waals surface area contributed by atoms with Crippen molar-refractivity contribution in [3.8, 4) is 0 Å². The smallest absolute Gasteiger partial charge is 0.259 e. The highest BCUT2D eigenvalue weighted by Crippen LogP contribution is 2.53. The molecule has 0 aliphatic carbocycles. The van der Waals surface area contributed by atoms with Gasteiger partial charge in [0.25, 0.3) is 5.91 Å². The molecule has 2 aliphatic rings. The van der Waals surface area contributed by atoms with E-state index in [0.29, 0.717) is 6.42 Å².